The van der Waals surface area contributed by atoms with Crippen LogP contribution in [0.2, 0.25) is 0 Å². The maximum Gasteiger partial charge on any atom is 0.243 e. The van der Waals surface area contributed by atoms with Crippen LogP contribution in [-0.4, -0.2) is 86.7 Å². The van der Waals surface area contributed by atoms with Crippen molar-refractivity contribution < 1.29 is 18.0 Å². The molecule has 0 unspecified atom stereocenters. The summed E-state index contributed by atoms with van der Waals surface area (Å²) < 4.78 is 28.1. The Bertz CT molecular complexity index is 851. The molecule has 8 nitrogen and oxygen atoms in total. The van der Waals surface area contributed by atoms with Crippen LogP contribution < -0.4 is 5.32 Å². The smallest absolute Gasteiger partial charge is 0.243 e. The third-order valence-electron chi connectivity index (χ3n) is 6.02. The van der Waals surface area contributed by atoms with E-state index >= 15 is 0 Å². The van der Waals surface area contributed by atoms with Crippen LogP contribution in [0, 0.1) is 0 Å². The van der Waals surface area contributed by atoms with Crippen molar-refractivity contribution >= 4 is 21.8 Å². The van der Waals surface area contributed by atoms with Gasteiger partial charge < -0.3 is 15.1 Å². The number of nitrogens with one attached hydrogen (secondary N) is 1. The predicted molar refractivity (Wildman–Crippen MR) is 119 cm³/mol. The molecule has 0 atom stereocenters. The van der Waals surface area contributed by atoms with E-state index in [2.05, 4.69) is 5.32 Å². The van der Waals surface area contributed by atoms with Gasteiger partial charge in [0.2, 0.25) is 21.8 Å². The normalized spacial score (nSPS) is 17.5. The van der Waals surface area contributed by atoms with Crippen LogP contribution in [0.5, 0.6) is 0 Å². The molecule has 0 bridgehead atoms. The van der Waals surface area contributed by atoms with Gasteiger partial charge in [-0.05, 0) is 37.0 Å². The third-order valence-corrected chi connectivity index (χ3v) is 7.93. The molecule has 1 aromatic carbocycles. The summed E-state index contributed by atoms with van der Waals surface area (Å²) in [6, 6.07) is 6.95. The number of carbonyl (C=O) groups excluding carboxylic acids is 2. The molecule has 2 amide bonds. The van der Waals surface area contributed by atoms with Crippen molar-refractivity contribution in [2.24, 2.45) is 0 Å². The van der Waals surface area contributed by atoms with Crippen LogP contribution in [0.15, 0.2) is 29.2 Å². The Morgan fingerprint density at radius 2 is 1.81 bits per heavy atom. The SMILES string of the molecule is CCc1ccc(S(=O)(=O)N(CCCN2CCCC2=O)CCC(=O)N2CCNCC2)cc1. The first-order valence-electron chi connectivity index (χ1n) is 11.3. The minimum Gasteiger partial charge on any atom is -0.343 e. The van der Waals surface area contributed by atoms with Gasteiger partial charge in [-0.15, -0.1) is 0 Å². The fourth-order valence-electron chi connectivity index (χ4n) is 4.07. The van der Waals surface area contributed by atoms with E-state index in [1.807, 2.05) is 19.1 Å². The molecule has 2 heterocycles. The number of likely N-dealkylation sites (tertiary alicyclic amines) is 1. The minimum atomic E-state index is -3.71. The molecule has 0 aliphatic carbocycles. The number of hydrogen-bond donors (Lipinski definition) is 1. The molecule has 2 saturated heterocycles. The zero-order valence-electron chi connectivity index (χ0n) is 18.4. The van der Waals surface area contributed by atoms with Crippen LogP contribution in [0.4, 0.5) is 0 Å². The molecule has 0 aromatic heterocycles. The lowest BCUT2D eigenvalue weighted by molar-refractivity contribution is -0.131. The van der Waals surface area contributed by atoms with E-state index in [1.165, 1.54) is 4.31 Å². The van der Waals surface area contributed by atoms with E-state index in [4.69, 9.17) is 0 Å². The number of sulfonamides is 1. The Labute approximate surface area is 185 Å². The molecule has 0 spiro atoms. The number of aryl methyl sites for hydroxylation is 1. The summed E-state index contributed by atoms with van der Waals surface area (Å²) in [5.74, 6) is 0.121. The summed E-state index contributed by atoms with van der Waals surface area (Å²) in [4.78, 5) is 28.3. The van der Waals surface area contributed by atoms with Crippen LogP contribution in [0.1, 0.15) is 38.2 Å². The average molecular weight is 451 g/mol. The first-order valence-corrected chi connectivity index (χ1v) is 12.7. The number of amides is 2. The number of hydrogen-bond acceptors (Lipinski definition) is 5. The van der Waals surface area contributed by atoms with Crippen molar-refractivity contribution in [3.05, 3.63) is 29.8 Å². The summed E-state index contributed by atoms with van der Waals surface area (Å²) in [5.41, 5.74) is 1.08. The largest absolute Gasteiger partial charge is 0.343 e. The minimum absolute atomic E-state index is 0.0160. The van der Waals surface area contributed by atoms with Crippen molar-refractivity contribution in [2.75, 3.05) is 52.4 Å². The van der Waals surface area contributed by atoms with Crippen LogP contribution in [-0.2, 0) is 26.0 Å². The average Bonchev–Trinajstić information content (AvgIpc) is 3.20. The monoisotopic (exact) mass is 450 g/mol. The standard InChI is InChI=1S/C22H34N4O4S/c1-2-19-6-8-20(9-7-19)31(29,30)26(15-4-14-24-13-3-5-21(24)27)16-10-22(28)25-17-11-23-12-18-25/h6-9,23H,2-5,10-18H2,1H3. The molecule has 172 valence electrons. The van der Waals surface area contributed by atoms with Gasteiger partial charge in [0.25, 0.3) is 0 Å². The molecule has 1 aromatic rings. The van der Waals surface area contributed by atoms with Gasteiger partial charge in [-0.3, -0.25) is 9.59 Å². The Kier molecular flexibility index (Phi) is 8.45. The van der Waals surface area contributed by atoms with Gasteiger partial charge in [0.1, 0.15) is 0 Å². The van der Waals surface area contributed by atoms with Crippen LogP contribution >= 0.6 is 0 Å². The topological polar surface area (TPSA) is 90.0 Å². The number of nitrogens with zero attached hydrogens (tertiary/aromatic N) is 3. The van der Waals surface area contributed by atoms with Crippen LogP contribution in [0.3, 0.4) is 0 Å². The molecule has 9 heteroatoms. The first-order chi connectivity index (χ1) is 14.9. The van der Waals surface area contributed by atoms with Gasteiger partial charge >= 0.3 is 0 Å². The Morgan fingerprint density at radius 1 is 1.10 bits per heavy atom. The lowest BCUT2D eigenvalue weighted by atomic mass is 10.2. The number of carbonyl (C=O) groups is 2. The van der Waals surface area contributed by atoms with Gasteiger partial charge in [0, 0.05) is 65.2 Å². The molecule has 2 aliphatic rings. The summed E-state index contributed by atoms with van der Waals surface area (Å²) in [5, 5.41) is 3.22. The van der Waals surface area contributed by atoms with E-state index in [9.17, 15) is 18.0 Å². The molecule has 0 radical (unpaired) electrons. The van der Waals surface area contributed by atoms with Gasteiger partial charge in [0.15, 0.2) is 0 Å². The Balaban J connectivity index is 1.67. The molecule has 2 aliphatic heterocycles. The maximum absolute atomic E-state index is 13.3. The maximum atomic E-state index is 13.3. The predicted octanol–water partition coefficient (Wildman–Crippen LogP) is 1.07. The van der Waals surface area contributed by atoms with Crippen molar-refractivity contribution in [3.63, 3.8) is 0 Å². The second-order valence-corrected chi connectivity index (χ2v) is 10.1. The summed E-state index contributed by atoms with van der Waals surface area (Å²) in [6.07, 6.45) is 3.00. The molecule has 1 N–H and O–H groups in total. The van der Waals surface area contributed by atoms with E-state index < -0.39 is 10.0 Å². The molecular formula is C22H34N4O4S. The van der Waals surface area contributed by atoms with Gasteiger partial charge in [-0.2, -0.15) is 4.31 Å². The Hall–Kier alpha value is -1.97. The van der Waals surface area contributed by atoms with Gasteiger partial charge in [-0.25, -0.2) is 8.42 Å². The highest BCUT2D eigenvalue weighted by atomic mass is 32.2. The molecule has 3 rings (SSSR count). The van der Waals surface area contributed by atoms with E-state index in [0.29, 0.717) is 32.5 Å². The highest BCUT2D eigenvalue weighted by Gasteiger charge is 2.27. The second-order valence-electron chi connectivity index (χ2n) is 8.12. The number of piperazine rings is 1. The third kappa shape index (κ3) is 6.27. The summed E-state index contributed by atoms with van der Waals surface area (Å²) in [7, 11) is -3.71. The number of benzene rings is 1. The highest BCUT2D eigenvalue weighted by molar-refractivity contribution is 7.89. The quantitative estimate of drug-likeness (QED) is 0.576. The second kappa shape index (κ2) is 11.1. The summed E-state index contributed by atoms with van der Waals surface area (Å²) in [6.45, 7) is 6.59. The van der Waals surface area contributed by atoms with Crippen molar-refractivity contribution in [1.29, 1.82) is 0 Å². The van der Waals surface area contributed by atoms with Crippen LogP contribution in [0.25, 0.3) is 0 Å². The van der Waals surface area contributed by atoms with Gasteiger partial charge in [-0.1, -0.05) is 19.1 Å². The van der Waals surface area contributed by atoms with Crippen molar-refractivity contribution in [2.45, 2.75) is 43.9 Å². The van der Waals surface area contributed by atoms with Crippen molar-refractivity contribution in [1.82, 2.24) is 19.4 Å². The molecule has 0 saturated carbocycles. The summed E-state index contributed by atoms with van der Waals surface area (Å²) >= 11 is 0. The van der Waals surface area contributed by atoms with E-state index in [-0.39, 0.29) is 36.2 Å². The van der Waals surface area contributed by atoms with E-state index in [1.54, 1.807) is 21.9 Å². The fourth-order valence-corrected chi connectivity index (χ4v) is 5.55. The van der Waals surface area contributed by atoms with Crippen molar-refractivity contribution in [3.8, 4) is 0 Å². The lowest BCUT2D eigenvalue weighted by Crippen LogP contribution is -2.47. The molecule has 31 heavy (non-hydrogen) atoms. The highest BCUT2D eigenvalue weighted by Crippen LogP contribution is 2.19. The number of rotatable bonds is 10. The zero-order valence-corrected chi connectivity index (χ0v) is 19.2. The van der Waals surface area contributed by atoms with Gasteiger partial charge in [0.05, 0.1) is 4.90 Å². The zero-order chi connectivity index (χ0) is 22.3. The first kappa shape index (κ1) is 23.7. The molecular weight excluding hydrogens is 416 g/mol. The lowest BCUT2D eigenvalue weighted by Gasteiger charge is -2.29. The fraction of sp³-hybridized carbons (Fsp3) is 0.636. The Morgan fingerprint density at radius 3 is 2.42 bits per heavy atom. The van der Waals surface area contributed by atoms with E-state index in [0.717, 1.165) is 38.0 Å². The molecule has 2 fully saturated rings.